The van der Waals surface area contributed by atoms with Gasteiger partial charge in [-0.25, -0.2) is 14.4 Å². The van der Waals surface area contributed by atoms with Gasteiger partial charge in [0.25, 0.3) is 0 Å². The van der Waals surface area contributed by atoms with Crippen LogP contribution in [0.3, 0.4) is 0 Å². The first-order chi connectivity index (χ1) is 10.7. The Kier molecular flexibility index (Phi) is 3.16. The highest BCUT2D eigenvalue weighted by atomic mass is 35.5. The van der Waals surface area contributed by atoms with Crippen LogP contribution in [0, 0.1) is 11.2 Å². The third-order valence-electron chi connectivity index (χ3n) is 4.24. The maximum atomic E-state index is 13.1. The van der Waals surface area contributed by atoms with E-state index in [1.807, 2.05) is 0 Å². The number of nitrogens with zero attached hydrogens (tertiary/aromatic N) is 3. The molecular weight excluding hydrogens is 305 g/mol. The smallest absolute Gasteiger partial charge is 0.155 e. The standard InChI is InChI=1S/C15H15ClFN5/c16-11-3-10(17)1-2-12(11)21-13-4-18-9-20-14(13)22-7-15(8-22)5-19-6-15/h1-4,9,19,21H,5-8H2. The van der Waals surface area contributed by atoms with E-state index in [1.54, 1.807) is 12.3 Å². The van der Waals surface area contributed by atoms with E-state index in [4.69, 9.17) is 11.6 Å². The molecule has 0 bridgehead atoms. The molecular formula is C15H15ClFN5. The molecule has 4 rings (SSSR count). The van der Waals surface area contributed by atoms with Crippen LogP contribution in [0.15, 0.2) is 30.7 Å². The van der Waals surface area contributed by atoms with E-state index in [9.17, 15) is 4.39 Å². The van der Waals surface area contributed by atoms with Crippen LogP contribution >= 0.6 is 11.6 Å². The Morgan fingerprint density at radius 2 is 2.09 bits per heavy atom. The van der Waals surface area contributed by atoms with Crippen molar-refractivity contribution in [2.24, 2.45) is 5.41 Å². The molecule has 2 saturated heterocycles. The zero-order chi connectivity index (χ0) is 15.2. The Bertz CT molecular complexity index is 711. The van der Waals surface area contributed by atoms with Crippen LogP contribution in [0.1, 0.15) is 0 Å². The monoisotopic (exact) mass is 319 g/mol. The van der Waals surface area contributed by atoms with Gasteiger partial charge in [-0.2, -0.15) is 0 Å². The fourth-order valence-corrected chi connectivity index (χ4v) is 3.23. The van der Waals surface area contributed by atoms with Crippen molar-refractivity contribution in [3.8, 4) is 0 Å². The van der Waals surface area contributed by atoms with Crippen LogP contribution in [-0.2, 0) is 0 Å². The fourth-order valence-electron chi connectivity index (χ4n) is 3.01. The Balaban J connectivity index is 1.57. The molecule has 2 aliphatic rings. The number of anilines is 3. The van der Waals surface area contributed by atoms with Gasteiger partial charge >= 0.3 is 0 Å². The molecule has 2 aliphatic heterocycles. The molecule has 0 aliphatic carbocycles. The predicted molar refractivity (Wildman–Crippen MR) is 84.2 cm³/mol. The Morgan fingerprint density at radius 3 is 2.77 bits per heavy atom. The maximum Gasteiger partial charge on any atom is 0.155 e. The maximum absolute atomic E-state index is 13.1. The molecule has 1 spiro atoms. The van der Waals surface area contributed by atoms with Crippen LogP contribution in [0.5, 0.6) is 0 Å². The van der Waals surface area contributed by atoms with E-state index in [0.29, 0.717) is 16.1 Å². The molecule has 1 aromatic heterocycles. The summed E-state index contributed by atoms with van der Waals surface area (Å²) < 4.78 is 13.1. The molecule has 0 radical (unpaired) electrons. The quantitative estimate of drug-likeness (QED) is 0.910. The average molecular weight is 320 g/mol. The first kappa shape index (κ1) is 13.7. The molecule has 3 heterocycles. The molecule has 0 amide bonds. The Labute approximate surface area is 132 Å². The zero-order valence-electron chi connectivity index (χ0n) is 11.8. The van der Waals surface area contributed by atoms with Gasteiger partial charge in [0.2, 0.25) is 0 Å². The molecule has 5 nitrogen and oxygen atoms in total. The minimum atomic E-state index is -0.359. The summed E-state index contributed by atoms with van der Waals surface area (Å²) in [7, 11) is 0. The van der Waals surface area contributed by atoms with Crippen LogP contribution in [0.2, 0.25) is 5.02 Å². The lowest BCUT2D eigenvalue weighted by Crippen LogP contribution is -2.71. The predicted octanol–water partition coefficient (Wildman–Crippen LogP) is 2.42. The van der Waals surface area contributed by atoms with Crippen molar-refractivity contribution < 1.29 is 4.39 Å². The van der Waals surface area contributed by atoms with Crippen LogP contribution in [0.25, 0.3) is 0 Å². The normalized spacial score (nSPS) is 18.7. The van der Waals surface area contributed by atoms with Gasteiger partial charge in [-0.3, -0.25) is 0 Å². The van der Waals surface area contributed by atoms with Crippen molar-refractivity contribution in [3.63, 3.8) is 0 Å². The minimum Gasteiger partial charge on any atom is -0.353 e. The summed E-state index contributed by atoms with van der Waals surface area (Å²) >= 11 is 6.07. The number of hydrogen-bond donors (Lipinski definition) is 2. The SMILES string of the molecule is Fc1ccc(Nc2cncnc2N2CC3(CNC3)C2)c(Cl)c1. The highest BCUT2D eigenvalue weighted by Crippen LogP contribution is 2.40. The van der Waals surface area contributed by atoms with E-state index in [1.165, 1.54) is 18.5 Å². The lowest BCUT2D eigenvalue weighted by Gasteiger charge is -2.56. The molecule has 0 unspecified atom stereocenters. The van der Waals surface area contributed by atoms with E-state index in [-0.39, 0.29) is 5.82 Å². The van der Waals surface area contributed by atoms with Gasteiger partial charge in [0, 0.05) is 31.6 Å². The van der Waals surface area contributed by atoms with Crippen molar-refractivity contribution in [3.05, 3.63) is 41.6 Å². The summed E-state index contributed by atoms with van der Waals surface area (Å²) in [6, 6.07) is 4.27. The number of rotatable bonds is 3. The van der Waals surface area contributed by atoms with Gasteiger partial charge in [-0.15, -0.1) is 0 Å². The number of nitrogens with one attached hydrogen (secondary N) is 2. The summed E-state index contributed by atoms with van der Waals surface area (Å²) in [6.07, 6.45) is 3.25. The summed E-state index contributed by atoms with van der Waals surface area (Å²) in [5, 5.41) is 6.85. The van der Waals surface area contributed by atoms with E-state index >= 15 is 0 Å². The van der Waals surface area contributed by atoms with Crippen LogP contribution in [-0.4, -0.2) is 36.1 Å². The minimum absolute atomic E-state index is 0.332. The van der Waals surface area contributed by atoms with E-state index in [2.05, 4.69) is 25.5 Å². The fraction of sp³-hybridized carbons (Fsp3) is 0.333. The first-order valence-corrected chi connectivity index (χ1v) is 7.51. The molecule has 114 valence electrons. The molecule has 2 fully saturated rings. The largest absolute Gasteiger partial charge is 0.353 e. The number of halogens is 2. The third kappa shape index (κ3) is 2.28. The Hall–Kier alpha value is -1.92. The van der Waals surface area contributed by atoms with E-state index < -0.39 is 0 Å². The second kappa shape index (κ2) is 5.07. The average Bonchev–Trinajstić information content (AvgIpc) is 2.40. The van der Waals surface area contributed by atoms with Crippen LogP contribution < -0.4 is 15.5 Å². The zero-order valence-corrected chi connectivity index (χ0v) is 12.6. The molecule has 22 heavy (non-hydrogen) atoms. The summed E-state index contributed by atoms with van der Waals surface area (Å²) in [5.41, 5.74) is 1.83. The van der Waals surface area contributed by atoms with Gasteiger partial charge < -0.3 is 15.5 Å². The number of hydrogen-bond acceptors (Lipinski definition) is 5. The second-order valence-corrected chi connectivity index (χ2v) is 6.38. The molecule has 2 aromatic rings. The molecule has 0 atom stereocenters. The van der Waals surface area contributed by atoms with Crippen molar-refractivity contribution in [1.82, 2.24) is 15.3 Å². The van der Waals surface area contributed by atoms with Crippen molar-refractivity contribution >= 4 is 28.8 Å². The second-order valence-electron chi connectivity index (χ2n) is 5.97. The number of benzene rings is 1. The van der Waals surface area contributed by atoms with Gasteiger partial charge in [-0.1, -0.05) is 11.6 Å². The van der Waals surface area contributed by atoms with Crippen molar-refractivity contribution in [2.45, 2.75) is 0 Å². The molecule has 1 aromatic carbocycles. The van der Waals surface area contributed by atoms with Gasteiger partial charge in [0.1, 0.15) is 17.8 Å². The molecule has 0 saturated carbocycles. The van der Waals surface area contributed by atoms with Crippen molar-refractivity contribution in [1.29, 1.82) is 0 Å². The number of aromatic nitrogens is 2. The lowest BCUT2D eigenvalue weighted by atomic mass is 9.74. The summed E-state index contributed by atoms with van der Waals surface area (Å²) in [5.74, 6) is 0.496. The van der Waals surface area contributed by atoms with Crippen molar-refractivity contribution in [2.75, 3.05) is 36.4 Å². The topological polar surface area (TPSA) is 53.1 Å². The van der Waals surface area contributed by atoms with Gasteiger partial charge in [0.05, 0.1) is 16.9 Å². The highest BCUT2D eigenvalue weighted by molar-refractivity contribution is 6.33. The lowest BCUT2D eigenvalue weighted by molar-refractivity contribution is 0.120. The van der Waals surface area contributed by atoms with E-state index in [0.717, 1.165) is 37.7 Å². The molecule has 7 heteroatoms. The van der Waals surface area contributed by atoms with Crippen LogP contribution in [0.4, 0.5) is 21.6 Å². The highest BCUT2D eigenvalue weighted by Gasteiger charge is 2.48. The third-order valence-corrected chi connectivity index (χ3v) is 4.56. The summed E-state index contributed by atoms with van der Waals surface area (Å²) in [6.45, 7) is 4.12. The van der Waals surface area contributed by atoms with Gasteiger partial charge in [-0.05, 0) is 18.2 Å². The molecule has 2 N–H and O–H groups in total. The first-order valence-electron chi connectivity index (χ1n) is 7.13. The summed E-state index contributed by atoms with van der Waals surface area (Å²) in [4.78, 5) is 10.7. The van der Waals surface area contributed by atoms with Gasteiger partial charge in [0.15, 0.2) is 5.82 Å². The Morgan fingerprint density at radius 1 is 1.27 bits per heavy atom.